The van der Waals surface area contributed by atoms with E-state index in [1.54, 1.807) is 17.0 Å². The molecular weight excluding hydrogens is 679 g/mol. The molecule has 1 amide bonds. The number of carbonyl (C=O) groups is 1. The van der Waals surface area contributed by atoms with Gasteiger partial charge in [-0.3, -0.25) is 4.90 Å². The van der Waals surface area contributed by atoms with Crippen LogP contribution in [0.5, 0.6) is 17.6 Å². The van der Waals surface area contributed by atoms with Crippen LogP contribution in [0.2, 0.25) is 5.02 Å². The molecule has 0 atom stereocenters. The summed E-state index contributed by atoms with van der Waals surface area (Å²) in [4.78, 5) is 33.4. The molecule has 0 radical (unpaired) electrons. The molecule has 2 aromatic heterocycles. The zero-order valence-corrected chi connectivity index (χ0v) is 30.5. The van der Waals surface area contributed by atoms with Crippen molar-refractivity contribution in [3.05, 3.63) is 41.2 Å². The van der Waals surface area contributed by atoms with Crippen molar-refractivity contribution < 1.29 is 32.9 Å². The summed E-state index contributed by atoms with van der Waals surface area (Å²) in [5.41, 5.74) is -0.294. The average Bonchev–Trinajstić information content (AvgIpc) is 3.70. The van der Waals surface area contributed by atoms with E-state index >= 15 is 4.39 Å². The van der Waals surface area contributed by atoms with Gasteiger partial charge in [0.15, 0.2) is 12.6 Å². The summed E-state index contributed by atoms with van der Waals surface area (Å²) in [5.74, 6) is 0.325. The number of benzene rings is 2. The molecule has 0 aliphatic carbocycles. The van der Waals surface area contributed by atoms with Crippen LogP contribution in [0.15, 0.2) is 30.3 Å². The molecule has 51 heavy (non-hydrogen) atoms. The number of carbonyl (C=O) groups excluding carboxylic acids is 1. The van der Waals surface area contributed by atoms with Crippen LogP contribution in [0.1, 0.15) is 46.5 Å². The first-order chi connectivity index (χ1) is 24.5. The van der Waals surface area contributed by atoms with Gasteiger partial charge in [-0.1, -0.05) is 23.7 Å². The van der Waals surface area contributed by atoms with E-state index in [1.807, 2.05) is 43.9 Å². The Morgan fingerprint density at radius 2 is 1.71 bits per heavy atom. The van der Waals surface area contributed by atoms with Crippen LogP contribution >= 0.6 is 11.6 Å². The van der Waals surface area contributed by atoms with Gasteiger partial charge in [0, 0.05) is 49.3 Å². The highest BCUT2D eigenvalue weighted by Crippen LogP contribution is 2.43. The number of halogens is 2. The summed E-state index contributed by atoms with van der Waals surface area (Å²) in [6.45, 7) is 9.59. The fraction of sp³-hybridized carbons (Fsp3) is 0.514. The number of hydrogen-bond acceptors (Lipinski definition) is 11. The monoisotopic (exact) mass is 722 g/mol. The predicted octanol–water partition coefficient (Wildman–Crippen LogP) is 6.69. The second-order valence-electron chi connectivity index (χ2n) is 14.4. The van der Waals surface area contributed by atoms with E-state index in [4.69, 9.17) is 50.2 Å². The van der Waals surface area contributed by atoms with Gasteiger partial charge in [0.1, 0.15) is 40.4 Å². The zero-order valence-electron chi connectivity index (χ0n) is 29.8. The fourth-order valence-electron chi connectivity index (χ4n) is 7.56. The zero-order chi connectivity index (χ0) is 35.9. The number of amides is 1. The van der Waals surface area contributed by atoms with Crippen LogP contribution in [0.3, 0.4) is 0 Å². The van der Waals surface area contributed by atoms with E-state index < -0.39 is 11.4 Å². The second kappa shape index (κ2) is 14.1. The van der Waals surface area contributed by atoms with E-state index in [9.17, 15) is 4.79 Å². The lowest BCUT2D eigenvalue weighted by molar-refractivity contribution is 0.0240. The summed E-state index contributed by atoms with van der Waals surface area (Å²) < 4.78 is 46.1. The summed E-state index contributed by atoms with van der Waals surface area (Å²) in [6.07, 6.45) is 3.91. The minimum atomic E-state index is -0.682. The molecule has 0 N–H and O–H groups in total. The number of ether oxygens (including phenoxy) is 5. The molecule has 0 unspecified atom stereocenters. The highest BCUT2D eigenvalue weighted by Gasteiger charge is 2.45. The van der Waals surface area contributed by atoms with Crippen molar-refractivity contribution in [2.24, 2.45) is 0 Å². The van der Waals surface area contributed by atoms with Gasteiger partial charge >= 0.3 is 12.1 Å². The number of methoxy groups -OCH3 is 2. The van der Waals surface area contributed by atoms with E-state index in [-0.39, 0.29) is 41.5 Å². The molecular formula is C37H44ClFN6O6. The van der Waals surface area contributed by atoms with Crippen LogP contribution in [-0.2, 0) is 9.47 Å². The molecule has 0 saturated carbocycles. The van der Waals surface area contributed by atoms with Crippen LogP contribution < -0.4 is 19.1 Å². The van der Waals surface area contributed by atoms with Gasteiger partial charge < -0.3 is 33.5 Å². The normalized spacial score (nSPS) is 17.6. The molecule has 3 saturated heterocycles. The molecule has 4 aromatic rings. The first kappa shape index (κ1) is 35.2. The maximum atomic E-state index is 17.3. The third-order valence-electron chi connectivity index (χ3n) is 9.92. The van der Waals surface area contributed by atoms with Gasteiger partial charge in [-0.2, -0.15) is 9.97 Å². The topological polar surface area (TPSA) is 112 Å². The maximum absolute atomic E-state index is 17.3. The third kappa shape index (κ3) is 6.91. The first-order valence-corrected chi connectivity index (χ1v) is 17.8. The third-order valence-corrected chi connectivity index (χ3v) is 10.2. The van der Waals surface area contributed by atoms with Crippen molar-refractivity contribution in [3.8, 4) is 28.9 Å². The van der Waals surface area contributed by atoms with Crippen molar-refractivity contribution in [3.63, 3.8) is 0 Å². The number of fused-ring (bicyclic) bond motifs is 3. The molecule has 0 spiro atoms. The predicted molar refractivity (Wildman–Crippen MR) is 193 cm³/mol. The van der Waals surface area contributed by atoms with E-state index in [1.165, 1.54) is 14.2 Å². The minimum absolute atomic E-state index is 0.000140. The molecule has 3 aliphatic heterocycles. The average molecular weight is 723 g/mol. The number of rotatable bonds is 9. The lowest BCUT2D eigenvalue weighted by atomic mass is 9.95. The van der Waals surface area contributed by atoms with Crippen molar-refractivity contribution in [2.75, 3.05) is 71.8 Å². The molecule has 2 aromatic carbocycles. The molecule has 5 heterocycles. The molecule has 0 bridgehead atoms. The Bertz CT molecular complexity index is 1940. The molecule has 14 heteroatoms. The molecule has 3 aliphatic rings. The summed E-state index contributed by atoms with van der Waals surface area (Å²) in [6, 6.07) is 9.01. The second-order valence-corrected chi connectivity index (χ2v) is 14.8. The summed E-state index contributed by atoms with van der Waals surface area (Å²) in [5, 5.41) is 2.06. The maximum Gasteiger partial charge on any atom is 0.410 e. The first-order valence-electron chi connectivity index (χ1n) is 17.4. The van der Waals surface area contributed by atoms with Crippen LogP contribution in [-0.4, -0.2) is 109 Å². The largest absolute Gasteiger partial charge is 0.480 e. The lowest BCUT2D eigenvalue weighted by Gasteiger charge is -2.36. The number of anilines is 1. The Morgan fingerprint density at radius 3 is 2.39 bits per heavy atom. The number of nitrogens with zero attached hydrogens (tertiary/aromatic N) is 6. The van der Waals surface area contributed by atoms with Crippen molar-refractivity contribution in [1.82, 2.24) is 24.8 Å². The summed E-state index contributed by atoms with van der Waals surface area (Å²) in [7, 11) is 3.01. The van der Waals surface area contributed by atoms with Gasteiger partial charge in [0.05, 0.1) is 12.6 Å². The Hall–Kier alpha value is -4.20. The minimum Gasteiger partial charge on any atom is -0.480 e. The van der Waals surface area contributed by atoms with Gasteiger partial charge in [0.25, 0.3) is 0 Å². The van der Waals surface area contributed by atoms with Crippen molar-refractivity contribution in [1.29, 1.82) is 0 Å². The SMILES string of the molecule is COCOc1cc(-c2nc(OC)c3c(N4CCN(C(=O)OC(C)(C)C)CC4)nc(OCC45CCCN4CCC5)nc3c2F)c2c(Cl)cccc2c1. The molecule has 7 rings (SSSR count). The Kier molecular flexibility index (Phi) is 9.72. The van der Waals surface area contributed by atoms with Crippen molar-refractivity contribution >= 4 is 45.2 Å². The quantitative estimate of drug-likeness (QED) is 0.172. The number of piperazine rings is 1. The highest BCUT2D eigenvalue weighted by molar-refractivity contribution is 6.36. The fourth-order valence-corrected chi connectivity index (χ4v) is 7.85. The Balaban J connectivity index is 1.34. The summed E-state index contributed by atoms with van der Waals surface area (Å²) >= 11 is 6.74. The number of pyridine rings is 1. The van der Waals surface area contributed by atoms with Crippen LogP contribution in [0, 0.1) is 5.82 Å². The number of aromatic nitrogens is 3. The molecule has 3 fully saturated rings. The Labute approximate surface area is 301 Å². The lowest BCUT2D eigenvalue weighted by Crippen LogP contribution is -2.50. The van der Waals surface area contributed by atoms with Gasteiger partial charge in [-0.25, -0.2) is 14.2 Å². The standard InChI is InChI=1S/C37H44ClFN6O6/c1-36(2,3)51-35(46)44-17-15-43(16-18-44)32-28-31(41-34(42-32)49-21-37-11-7-13-45(37)14-8-12-37)29(39)30(40-33(28)48-5)25-20-24(50-22-47-4)19-23-9-6-10-26(38)27(23)25/h6,9-10,19-20H,7-8,11-18,21-22H2,1-5H3. The van der Waals surface area contributed by atoms with Crippen molar-refractivity contribution in [2.45, 2.75) is 57.6 Å². The Morgan fingerprint density at radius 1 is 0.961 bits per heavy atom. The van der Waals surface area contributed by atoms with E-state index in [0.29, 0.717) is 65.7 Å². The van der Waals surface area contributed by atoms with Crippen LogP contribution in [0.4, 0.5) is 15.0 Å². The highest BCUT2D eigenvalue weighted by atomic mass is 35.5. The molecule has 12 nitrogen and oxygen atoms in total. The van der Waals surface area contributed by atoms with E-state index in [0.717, 1.165) is 44.2 Å². The molecule has 272 valence electrons. The smallest absolute Gasteiger partial charge is 0.410 e. The van der Waals surface area contributed by atoms with Gasteiger partial charge in [0.2, 0.25) is 5.88 Å². The van der Waals surface area contributed by atoms with E-state index in [2.05, 4.69) is 4.90 Å². The van der Waals surface area contributed by atoms with Gasteiger partial charge in [-0.15, -0.1) is 0 Å². The van der Waals surface area contributed by atoms with Crippen LogP contribution in [0.25, 0.3) is 32.9 Å². The number of hydrogen-bond donors (Lipinski definition) is 0. The van der Waals surface area contributed by atoms with Gasteiger partial charge in [-0.05, 0) is 83.1 Å².